The fourth-order valence-corrected chi connectivity index (χ4v) is 3.85. The van der Waals surface area contributed by atoms with Crippen LogP contribution >= 0.6 is 7.60 Å². The lowest BCUT2D eigenvalue weighted by Crippen LogP contribution is -2.33. The van der Waals surface area contributed by atoms with E-state index in [1.165, 1.54) is 10.9 Å². The number of aliphatic hydroxyl groups is 2. The van der Waals surface area contributed by atoms with Gasteiger partial charge < -0.3 is 40.1 Å². The van der Waals surface area contributed by atoms with Gasteiger partial charge in [0.15, 0.2) is 23.2 Å². The summed E-state index contributed by atoms with van der Waals surface area (Å²) in [6, 6.07) is 9.75. The standard InChI is InChI=1S/C19H25N6O7P/c1-20-19-23-16(21-7-11-5-3-2-4-6-11)13-17(24-19)25(9-22-13)18-15(27)14(26)12(32-18)8-31-10-33(28,29)30/h2-6,9,12,14-15,18,26-27H,7-8,10H2,1H3,(H2,28,29,30)(H2,20,21,23,24)/t12-,14-,15-,18-/m1/s1. The highest BCUT2D eigenvalue weighted by atomic mass is 31.2. The van der Waals surface area contributed by atoms with E-state index in [2.05, 4.69) is 25.6 Å². The first-order valence-electron chi connectivity index (χ1n) is 10.1. The third-order valence-electron chi connectivity index (χ3n) is 5.10. The molecule has 0 unspecified atom stereocenters. The number of anilines is 2. The number of rotatable bonds is 9. The van der Waals surface area contributed by atoms with Crippen molar-refractivity contribution < 1.29 is 34.0 Å². The molecule has 33 heavy (non-hydrogen) atoms. The zero-order chi connectivity index (χ0) is 23.6. The van der Waals surface area contributed by atoms with Gasteiger partial charge in [-0.1, -0.05) is 30.3 Å². The molecule has 4 rings (SSSR count). The van der Waals surface area contributed by atoms with Gasteiger partial charge in [-0.2, -0.15) is 9.97 Å². The van der Waals surface area contributed by atoms with Crippen molar-refractivity contribution in [1.82, 2.24) is 19.5 Å². The van der Waals surface area contributed by atoms with Gasteiger partial charge in [0.05, 0.1) is 12.9 Å². The molecule has 0 radical (unpaired) electrons. The summed E-state index contributed by atoms with van der Waals surface area (Å²) in [6.45, 7) is 0.191. The average Bonchev–Trinajstić information content (AvgIpc) is 3.33. The third-order valence-corrected chi connectivity index (χ3v) is 5.62. The van der Waals surface area contributed by atoms with Crippen LogP contribution in [0.2, 0.25) is 0 Å². The summed E-state index contributed by atoms with van der Waals surface area (Å²) in [4.78, 5) is 31.1. The van der Waals surface area contributed by atoms with Crippen molar-refractivity contribution in [2.45, 2.75) is 31.1 Å². The van der Waals surface area contributed by atoms with Crippen LogP contribution in [0.3, 0.4) is 0 Å². The van der Waals surface area contributed by atoms with Gasteiger partial charge in [0.25, 0.3) is 0 Å². The first kappa shape index (κ1) is 23.5. The van der Waals surface area contributed by atoms with Gasteiger partial charge in [-0.05, 0) is 5.56 Å². The second kappa shape index (κ2) is 9.69. The Hall–Kier alpha value is -2.64. The van der Waals surface area contributed by atoms with Gasteiger partial charge in [-0.25, -0.2) is 4.98 Å². The summed E-state index contributed by atoms with van der Waals surface area (Å²) in [5.41, 5.74) is 1.85. The van der Waals surface area contributed by atoms with E-state index in [0.29, 0.717) is 29.5 Å². The molecular formula is C19H25N6O7P. The van der Waals surface area contributed by atoms with E-state index in [0.717, 1.165) is 5.56 Å². The van der Waals surface area contributed by atoms with Crippen LogP contribution in [-0.4, -0.2) is 77.8 Å². The predicted molar refractivity (Wildman–Crippen MR) is 117 cm³/mol. The SMILES string of the molecule is CNc1nc(NCc2ccccc2)c2ncn([C@@H]3O[C@H](COCP(=O)(O)O)[C@@H](O)[C@H]3O)c2n1. The summed E-state index contributed by atoms with van der Waals surface area (Å²) >= 11 is 0. The molecule has 6 N–H and O–H groups in total. The van der Waals surface area contributed by atoms with E-state index in [-0.39, 0.29) is 6.61 Å². The zero-order valence-electron chi connectivity index (χ0n) is 17.6. The van der Waals surface area contributed by atoms with Gasteiger partial charge in [-0.15, -0.1) is 0 Å². The van der Waals surface area contributed by atoms with E-state index in [1.807, 2.05) is 30.3 Å². The summed E-state index contributed by atoms with van der Waals surface area (Å²) < 4.78 is 23.1. The quantitative estimate of drug-likeness (QED) is 0.230. The molecule has 14 heteroatoms. The Morgan fingerprint density at radius 2 is 1.94 bits per heavy atom. The molecule has 0 spiro atoms. The van der Waals surface area contributed by atoms with Crippen molar-refractivity contribution in [3.63, 3.8) is 0 Å². The summed E-state index contributed by atoms with van der Waals surface area (Å²) in [7, 11) is -2.70. The molecule has 1 aliphatic heterocycles. The van der Waals surface area contributed by atoms with Crippen LogP contribution in [0.4, 0.5) is 11.8 Å². The minimum absolute atomic E-state index is 0.312. The fraction of sp³-hybridized carbons (Fsp3) is 0.421. The molecule has 0 saturated carbocycles. The number of ether oxygens (including phenoxy) is 2. The second-order valence-electron chi connectivity index (χ2n) is 7.52. The number of hydrogen-bond acceptors (Lipinski definition) is 10. The predicted octanol–water partition coefficient (Wildman–Crippen LogP) is 0.251. The molecule has 2 aromatic heterocycles. The molecule has 3 aromatic rings. The molecule has 4 atom stereocenters. The summed E-state index contributed by atoms with van der Waals surface area (Å²) in [5, 5.41) is 27.0. The minimum Gasteiger partial charge on any atom is -0.387 e. The lowest BCUT2D eigenvalue weighted by molar-refractivity contribution is -0.0612. The molecule has 1 fully saturated rings. The number of aliphatic hydroxyl groups excluding tert-OH is 2. The molecular weight excluding hydrogens is 455 g/mol. The Balaban J connectivity index is 1.57. The maximum atomic E-state index is 11.0. The lowest BCUT2D eigenvalue weighted by Gasteiger charge is -2.17. The van der Waals surface area contributed by atoms with Crippen LogP contribution in [0.25, 0.3) is 11.2 Å². The summed E-state index contributed by atoms with van der Waals surface area (Å²) in [6.07, 6.45) is -4.13. The number of hydrogen-bond donors (Lipinski definition) is 6. The molecule has 0 amide bonds. The number of nitrogens with zero attached hydrogens (tertiary/aromatic N) is 4. The van der Waals surface area contributed by atoms with E-state index in [9.17, 15) is 14.8 Å². The Kier molecular flexibility index (Phi) is 6.91. The van der Waals surface area contributed by atoms with Gasteiger partial charge in [0, 0.05) is 13.6 Å². The normalized spacial score (nSPS) is 23.2. The van der Waals surface area contributed by atoms with E-state index < -0.39 is 38.5 Å². The molecule has 1 saturated heterocycles. The van der Waals surface area contributed by atoms with Gasteiger partial charge in [-0.3, -0.25) is 9.13 Å². The number of nitrogens with one attached hydrogen (secondary N) is 2. The highest BCUT2D eigenvalue weighted by molar-refractivity contribution is 7.51. The summed E-state index contributed by atoms with van der Waals surface area (Å²) in [5.74, 6) is 0.788. The maximum absolute atomic E-state index is 11.0. The van der Waals surface area contributed by atoms with Crippen molar-refractivity contribution in [1.29, 1.82) is 0 Å². The molecule has 3 heterocycles. The number of fused-ring (bicyclic) bond motifs is 1. The van der Waals surface area contributed by atoms with E-state index in [4.69, 9.17) is 19.3 Å². The van der Waals surface area contributed by atoms with Crippen LogP contribution in [0.5, 0.6) is 0 Å². The van der Waals surface area contributed by atoms with Crippen molar-refractivity contribution in [3.8, 4) is 0 Å². The zero-order valence-corrected chi connectivity index (χ0v) is 18.5. The Morgan fingerprint density at radius 1 is 1.18 bits per heavy atom. The molecule has 1 aliphatic rings. The van der Waals surface area contributed by atoms with Crippen molar-refractivity contribution in [2.75, 3.05) is 30.6 Å². The number of imidazole rings is 1. The number of aromatic nitrogens is 4. The first-order valence-corrected chi connectivity index (χ1v) is 11.9. The van der Waals surface area contributed by atoms with Gasteiger partial charge >= 0.3 is 7.60 Å². The maximum Gasteiger partial charge on any atom is 0.350 e. The average molecular weight is 480 g/mol. The topological polar surface area (TPSA) is 184 Å². The second-order valence-corrected chi connectivity index (χ2v) is 9.11. The molecule has 1 aromatic carbocycles. The van der Waals surface area contributed by atoms with Gasteiger partial charge in [0.1, 0.15) is 24.7 Å². The van der Waals surface area contributed by atoms with E-state index >= 15 is 0 Å². The van der Waals surface area contributed by atoms with Crippen molar-refractivity contribution >= 4 is 30.5 Å². The highest BCUT2D eigenvalue weighted by Crippen LogP contribution is 2.36. The smallest absolute Gasteiger partial charge is 0.350 e. The first-order chi connectivity index (χ1) is 15.8. The van der Waals surface area contributed by atoms with Crippen LogP contribution in [-0.2, 0) is 20.6 Å². The lowest BCUT2D eigenvalue weighted by atomic mass is 10.1. The van der Waals surface area contributed by atoms with Crippen LogP contribution < -0.4 is 10.6 Å². The Bertz CT molecular complexity index is 1140. The fourth-order valence-electron chi connectivity index (χ4n) is 3.50. The molecule has 0 bridgehead atoms. The van der Waals surface area contributed by atoms with E-state index in [1.54, 1.807) is 7.05 Å². The molecule has 178 valence electrons. The third kappa shape index (κ3) is 5.31. The molecule has 13 nitrogen and oxygen atoms in total. The van der Waals surface area contributed by atoms with Gasteiger partial charge in [0.2, 0.25) is 5.95 Å². The molecule has 0 aliphatic carbocycles. The van der Waals surface area contributed by atoms with Crippen LogP contribution in [0.1, 0.15) is 11.8 Å². The highest BCUT2D eigenvalue weighted by Gasteiger charge is 2.44. The van der Waals surface area contributed by atoms with Crippen LogP contribution in [0.15, 0.2) is 36.7 Å². The Labute approximate surface area is 188 Å². The van der Waals surface area contributed by atoms with Crippen molar-refractivity contribution in [3.05, 3.63) is 42.2 Å². The Morgan fingerprint density at radius 3 is 2.64 bits per heavy atom. The van der Waals surface area contributed by atoms with Crippen molar-refractivity contribution in [2.24, 2.45) is 0 Å². The number of benzene rings is 1. The van der Waals surface area contributed by atoms with Crippen LogP contribution in [0, 0.1) is 0 Å². The largest absolute Gasteiger partial charge is 0.387 e. The monoisotopic (exact) mass is 480 g/mol. The minimum atomic E-state index is -4.37.